The average Bonchev–Trinajstić information content (AvgIpc) is 2.69. The van der Waals surface area contributed by atoms with Gasteiger partial charge in [-0.05, 0) is 80.3 Å². The van der Waals surface area contributed by atoms with Crippen molar-refractivity contribution in [3.63, 3.8) is 0 Å². The summed E-state index contributed by atoms with van der Waals surface area (Å²) in [5, 5.41) is 4.63. The first-order chi connectivity index (χ1) is 13.1. The second-order valence-corrected chi connectivity index (χ2v) is 7.47. The van der Waals surface area contributed by atoms with Gasteiger partial charge < -0.3 is 10.2 Å². The Hall–Kier alpha value is -2.59. The number of hydrogen-bond acceptors (Lipinski definition) is 3. The standard InChI is InChI=1S/C22H22ClN3O/c1-15-13-21(26-11-3-2-4-12-26)25-20-10-9-18(14-19(15)20)24-22(27)16-5-7-17(23)8-6-16/h5-10,13-14H,2-4,11-12H2,1H3,(H,24,27). The van der Waals surface area contributed by atoms with Crippen LogP contribution in [0.1, 0.15) is 35.2 Å². The van der Waals surface area contributed by atoms with E-state index in [1.165, 1.54) is 24.8 Å². The van der Waals surface area contributed by atoms with Gasteiger partial charge in [-0.1, -0.05) is 11.6 Å². The van der Waals surface area contributed by atoms with Crippen LogP contribution in [0.3, 0.4) is 0 Å². The first-order valence-electron chi connectivity index (χ1n) is 9.33. The molecule has 0 radical (unpaired) electrons. The Labute approximate surface area is 164 Å². The third-order valence-electron chi connectivity index (χ3n) is 5.05. The Balaban J connectivity index is 1.59. The molecule has 0 atom stereocenters. The number of carbonyl (C=O) groups is 1. The fourth-order valence-electron chi connectivity index (χ4n) is 3.54. The molecular formula is C22H22ClN3O. The highest BCUT2D eigenvalue weighted by molar-refractivity contribution is 6.30. The Bertz CT molecular complexity index is 979. The molecule has 2 aromatic carbocycles. The highest BCUT2D eigenvalue weighted by Gasteiger charge is 2.14. The number of aromatic nitrogens is 1. The van der Waals surface area contributed by atoms with Crippen LogP contribution in [0.15, 0.2) is 48.5 Å². The molecule has 0 bridgehead atoms. The van der Waals surface area contributed by atoms with Gasteiger partial charge in [0.05, 0.1) is 5.52 Å². The van der Waals surface area contributed by atoms with Crippen LogP contribution in [0.2, 0.25) is 5.02 Å². The zero-order valence-electron chi connectivity index (χ0n) is 15.3. The van der Waals surface area contributed by atoms with E-state index in [1.807, 2.05) is 18.2 Å². The normalized spacial score (nSPS) is 14.4. The van der Waals surface area contributed by atoms with Crippen LogP contribution in [0.5, 0.6) is 0 Å². The van der Waals surface area contributed by atoms with Crippen LogP contribution in [0, 0.1) is 6.92 Å². The molecule has 27 heavy (non-hydrogen) atoms. The van der Waals surface area contributed by atoms with Crippen LogP contribution in [-0.4, -0.2) is 24.0 Å². The minimum Gasteiger partial charge on any atom is -0.357 e. The highest BCUT2D eigenvalue weighted by atomic mass is 35.5. The molecule has 2 heterocycles. The van der Waals surface area contributed by atoms with Gasteiger partial charge in [-0.3, -0.25) is 4.79 Å². The molecule has 0 aliphatic carbocycles. The van der Waals surface area contributed by atoms with Gasteiger partial charge in [-0.15, -0.1) is 0 Å². The average molecular weight is 380 g/mol. The second kappa shape index (κ2) is 7.57. The predicted octanol–water partition coefficient (Wildman–Crippen LogP) is 5.44. The maximum Gasteiger partial charge on any atom is 0.255 e. The van der Waals surface area contributed by atoms with E-state index in [1.54, 1.807) is 24.3 Å². The van der Waals surface area contributed by atoms with Crippen molar-refractivity contribution in [1.82, 2.24) is 4.98 Å². The number of pyridine rings is 1. The molecule has 1 N–H and O–H groups in total. The van der Waals surface area contributed by atoms with Crippen molar-refractivity contribution in [3.8, 4) is 0 Å². The van der Waals surface area contributed by atoms with Gasteiger partial charge in [-0.2, -0.15) is 0 Å². The highest BCUT2D eigenvalue weighted by Crippen LogP contribution is 2.27. The maximum absolute atomic E-state index is 12.4. The summed E-state index contributed by atoms with van der Waals surface area (Å²) < 4.78 is 0. The number of aryl methyl sites for hydroxylation is 1. The van der Waals surface area contributed by atoms with E-state index in [-0.39, 0.29) is 5.91 Å². The zero-order valence-corrected chi connectivity index (χ0v) is 16.1. The number of fused-ring (bicyclic) bond motifs is 1. The molecular weight excluding hydrogens is 358 g/mol. The number of anilines is 2. The van der Waals surface area contributed by atoms with Crippen molar-refractivity contribution < 1.29 is 4.79 Å². The number of amides is 1. The molecule has 0 unspecified atom stereocenters. The summed E-state index contributed by atoms with van der Waals surface area (Å²) in [6, 6.07) is 14.9. The number of hydrogen-bond donors (Lipinski definition) is 1. The van der Waals surface area contributed by atoms with E-state index in [0.29, 0.717) is 10.6 Å². The molecule has 4 rings (SSSR count). The predicted molar refractivity (Wildman–Crippen MR) is 112 cm³/mol. The lowest BCUT2D eigenvalue weighted by atomic mass is 10.1. The van der Waals surface area contributed by atoms with E-state index in [4.69, 9.17) is 16.6 Å². The second-order valence-electron chi connectivity index (χ2n) is 7.04. The van der Waals surface area contributed by atoms with Gasteiger partial charge in [0.15, 0.2) is 0 Å². The Morgan fingerprint density at radius 3 is 2.52 bits per heavy atom. The molecule has 1 amide bonds. The Morgan fingerprint density at radius 1 is 1.04 bits per heavy atom. The van der Waals surface area contributed by atoms with E-state index < -0.39 is 0 Å². The summed E-state index contributed by atoms with van der Waals surface area (Å²) in [6.07, 6.45) is 3.77. The van der Waals surface area contributed by atoms with E-state index in [2.05, 4.69) is 23.2 Å². The van der Waals surface area contributed by atoms with Crippen LogP contribution in [0.4, 0.5) is 11.5 Å². The van der Waals surface area contributed by atoms with Crippen molar-refractivity contribution in [2.45, 2.75) is 26.2 Å². The number of rotatable bonds is 3. The maximum atomic E-state index is 12.4. The van der Waals surface area contributed by atoms with E-state index >= 15 is 0 Å². The smallest absolute Gasteiger partial charge is 0.255 e. The number of nitrogens with zero attached hydrogens (tertiary/aromatic N) is 2. The first-order valence-corrected chi connectivity index (χ1v) is 9.71. The monoisotopic (exact) mass is 379 g/mol. The summed E-state index contributed by atoms with van der Waals surface area (Å²) in [4.78, 5) is 19.6. The third-order valence-corrected chi connectivity index (χ3v) is 5.30. The van der Waals surface area contributed by atoms with Gasteiger partial charge in [-0.25, -0.2) is 4.98 Å². The van der Waals surface area contributed by atoms with Gasteiger partial charge in [0.2, 0.25) is 0 Å². The van der Waals surface area contributed by atoms with Gasteiger partial charge in [0.25, 0.3) is 5.91 Å². The van der Waals surface area contributed by atoms with Crippen molar-refractivity contribution in [2.24, 2.45) is 0 Å². The molecule has 0 saturated carbocycles. The molecule has 3 aromatic rings. The van der Waals surface area contributed by atoms with Gasteiger partial charge in [0.1, 0.15) is 5.82 Å². The fraction of sp³-hybridized carbons (Fsp3) is 0.273. The Morgan fingerprint density at radius 2 is 1.78 bits per heavy atom. The van der Waals surface area contributed by atoms with Crippen LogP contribution >= 0.6 is 11.6 Å². The topological polar surface area (TPSA) is 45.2 Å². The van der Waals surface area contributed by atoms with Crippen LogP contribution in [-0.2, 0) is 0 Å². The van der Waals surface area contributed by atoms with Gasteiger partial charge in [0, 0.05) is 34.7 Å². The summed E-state index contributed by atoms with van der Waals surface area (Å²) >= 11 is 5.89. The number of halogens is 1. The number of piperidine rings is 1. The first kappa shape index (κ1) is 17.8. The summed E-state index contributed by atoms with van der Waals surface area (Å²) in [7, 11) is 0. The van der Waals surface area contributed by atoms with Crippen molar-refractivity contribution >= 4 is 39.9 Å². The fourth-order valence-corrected chi connectivity index (χ4v) is 3.67. The van der Waals surface area contributed by atoms with Crippen molar-refractivity contribution in [3.05, 3.63) is 64.7 Å². The molecule has 138 valence electrons. The third kappa shape index (κ3) is 3.91. The molecule has 1 aromatic heterocycles. The number of carbonyl (C=O) groups excluding carboxylic acids is 1. The lowest BCUT2D eigenvalue weighted by Crippen LogP contribution is -2.30. The largest absolute Gasteiger partial charge is 0.357 e. The Kier molecular flexibility index (Phi) is 4.99. The molecule has 5 heteroatoms. The number of nitrogens with one attached hydrogen (secondary N) is 1. The summed E-state index contributed by atoms with van der Waals surface area (Å²) in [5.41, 5.74) is 3.47. The minimum absolute atomic E-state index is 0.151. The summed E-state index contributed by atoms with van der Waals surface area (Å²) in [5.74, 6) is 0.902. The summed E-state index contributed by atoms with van der Waals surface area (Å²) in [6.45, 7) is 4.25. The lowest BCUT2D eigenvalue weighted by Gasteiger charge is -2.28. The van der Waals surface area contributed by atoms with E-state index in [9.17, 15) is 4.79 Å². The SMILES string of the molecule is Cc1cc(N2CCCCC2)nc2ccc(NC(=O)c3ccc(Cl)cc3)cc12. The lowest BCUT2D eigenvalue weighted by molar-refractivity contribution is 0.102. The molecule has 0 spiro atoms. The van der Waals surface area contributed by atoms with Gasteiger partial charge >= 0.3 is 0 Å². The molecule has 1 saturated heterocycles. The van der Waals surface area contributed by atoms with Crippen molar-refractivity contribution in [2.75, 3.05) is 23.3 Å². The quantitative estimate of drug-likeness (QED) is 0.659. The van der Waals surface area contributed by atoms with E-state index in [0.717, 1.165) is 35.5 Å². The molecule has 1 fully saturated rings. The molecule has 4 nitrogen and oxygen atoms in total. The zero-order chi connectivity index (χ0) is 18.8. The molecule has 1 aliphatic heterocycles. The number of benzene rings is 2. The minimum atomic E-state index is -0.151. The van der Waals surface area contributed by atoms with Crippen LogP contribution < -0.4 is 10.2 Å². The van der Waals surface area contributed by atoms with Crippen molar-refractivity contribution in [1.29, 1.82) is 0 Å². The molecule has 1 aliphatic rings. The van der Waals surface area contributed by atoms with Crippen LogP contribution in [0.25, 0.3) is 10.9 Å².